The van der Waals surface area contributed by atoms with Gasteiger partial charge in [0.2, 0.25) is 15.9 Å². The van der Waals surface area contributed by atoms with E-state index in [2.05, 4.69) is 10.6 Å². The van der Waals surface area contributed by atoms with Crippen molar-refractivity contribution in [3.05, 3.63) is 48.5 Å². The fraction of sp³-hybridized carbons (Fsp3) is 0.316. The highest BCUT2D eigenvalue weighted by Gasteiger charge is 2.29. The van der Waals surface area contributed by atoms with Crippen molar-refractivity contribution in [1.82, 2.24) is 4.31 Å². The molecule has 2 aromatic carbocycles. The summed E-state index contributed by atoms with van der Waals surface area (Å²) in [5.41, 5.74) is 1.20. The molecule has 1 aliphatic heterocycles. The van der Waals surface area contributed by atoms with Gasteiger partial charge in [0.15, 0.2) is 0 Å². The van der Waals surface area contributed by atoms with E-state index in [9.17, 15) is 13.2 Å². The maximum absolute atomic E-state index is 13.0. The largest absolute Gasteiger partial charge is 0.495 e. The van der Waals surface area contributed by atoms with Crippen molar-refractivity contribution in [2.45, 2.75) is 4.90 Å². The van der Waals surface area contributed by atoms with Crippen LogP contribution in [0.4, 0.5) is 11.4 Å². The average molecular weight is 405 g/mol. The number of hydrogen-bond acceptors (Lipinski definition) is 6. The summed E-state index contributed by atoms with van der Waals surface area (Å²) < 4.78 is 37.8. The number of anilines is 2. The van der Waals surface area contributed by atoms with Crippen molar-refractivity contribution in [3.63, 3.8) is 0 Å². The van der Waals surface area contributed by atoms with Gasteiger partial charge in [-0.05, 0) is 30.3 Å². The topological polar surface area (TPSA) is 97.0 Å². The highest BCUT2D eigenvalue weighted by atomic mass is 32.2. The highest BCUT2D eigenvalue weighted by molar-refractivity contribution is 7.89. The summed E-state index contributed by atoms with van der Waals surface area (Å²) in [6.45, 7) is 1.31. The molecular formula is C19H23N3O5S. The average Bonchev–Trinajstić information content (AvgIpc) is 2.73. The Kier molecular flexibility index (Phi) is 6.50. The Labute approximate surface area is 164 Å². The normalized spacial score (nSPS) is 15.0. The van der Waals surface area contributed by atoms with Crippen LogP contribution in [-0.2, 0) is 19.6 Å². The van der Waals surface area contributed by atoms with Crippen LogP contribution < -0.4 is 15.4 Å². The third-order valence-electron chi connectivity index (χ3n) is 4.26. The zero-order valence-corrected chi connectivity index (χ0v) is 16.4. The van der Waals surface area contributed by atoms with Crippen LogP contribution in [0.5, 0.6) is 5.75 Å². The number of rotatable bonds is 7. The molecule has 9 heteroatoms. The lowest BCUT2D eigenvalue weighted by Crippen LogP contribution is -2.40. The molecule has 150 valence electrons. The van der Waals surface area contributed by atoms with Gasteiger partial charge in [-0.25, -0.2) is 8.42 Å². The van der Waals surface area contributed by atoms with E-state index < -0.39 is 10.0 Å². The Hall–Kier alpha value is -2.62. The van der Waals surface area contributed by atoms with Crippen molar-refractivity contribution in [1.29, 1.82) is 0 Å². The number of morpholine rings is 1. The van der Waals surface area contributed by atoms with Gasteiger partial charge in [-0.1, -0.05) is 18.2 Å². The van der Waals surface area contributed by atoms with Gasteiger partial charge < -0.3 is 20.1 Å². The quantitative estimate of drug-likeness (QED) is 0.729. The number of ether oxygens (including phenoxy) is 2. The van der Waals surface area contributed by atoms with E-state index in [-0.39, 0.29) is 23.1 Å². The summed E-state index contributed by atoms with van der Waals surface area (Å²) in [7, 11) is -2.30. The number of nitrogens with one attached hydrogen (secondary N) is 2. The SMILES string of the molecule is COc1ccc(NCC(=O)Nc2ccccc2)cc1S(=O)(=O)N1CCOCC1. The number of nitrogens with zero attached hydrogens (tertiary/aromatic N) is 1. The lowest BCUT2D eigenvalue weighted by Gasteiger charge is -2.26. The fourth-order valence-electron chi connectivity index (χ4n) is 2.82. The summed E-state index contributed by atoms with van der Waals surface area (Å²) in [5, 5.41) is 5.72. The van der Waals surface area contributed by atoms with Crippen molar-refractivity contribution in [2.75, 3.05) is 50.6 Å². The molecule has 0 bridgehead atoms. The monoisotopic (exact) mass is 405 g/mol. The van der Waals surface area contributed by atoms with Crippen molar-refractivity contribution >= 4 is 27.3 Å². The first kappa shape index (κ1) is 20.1. The van der Waals surface area contributed by atoms with Crippen molar-refractivity contribution < 1.29 is 22.7 Å². The molecule has 1 saturated heterocycles. The zero-order chi connectivity index (χ0) is 20.0. The maximum Gasteiger partial charge on any atom is 0.246 e. The van der Waals surface area contributed by atoms with Crippen LogP contribution in [0, 0.1) is 0 Å². The lowest BCUT2D eigenvalue weighted by molar-refractivity contribution is -0.114. The van der Waals surface area contributed by atoms with Crippen LogP contribution in [0.25, 0.3) is 0 Å². The van der Waals surface area contributed by atoms with Crippen LogP contribution in [-0.4, -0.2) is 58.6 Å². The molecule has 2 N–H and O–H groups in total. The summed E-state index contributed by atoms with van der Waals surface area (Å²) in [5.74, 6) is 0.0189. The first-order valence-corrected chi connectivity index (χ1v) is 10.3. The number of methoxy groups -OCH3 is 1. The molecule has 1 amide bonds. The Morgan fingerprint density at radius 1 is 1.11 bits per heavy atom. The summed E-state index contributed by atoms with van der Waals surface area (Å²) in [6, 6.07) is 13.8. The van der Waals surface area contributed by atoms with Gasteiger partial charge in [0.1, 0.15) is 10.6 Å². The highest BCUT2D eigenvalue weighted by Crippen LogP contribution is 2.30. The summed E-state index contributed by atoms with van der Waals surface area (Å²) in [4.78, 5) is 12.2. The molecule has 2 aromatic rings. The molecule has 28 heavy (non-hydrogen) atoms. The molecule has 8 nitrogen and oxygen atoms in total. The Balaban J connectivity index is 1.72. The second-order valence-corrected chi connectivity index (χ2v) is 8.06. The zero-order valence-electron chi connectivity index (χ0n) is 15.6. The van der Waals surface area contributed by atoms with Gasteiger partial charge in [-0.2, -0.15) is 4.31 Å². The molecule has 0 unspecified atom stereocenters. The number of benzene rings is 2. The molecule has 1 heterocycles. The lowest BCUT2D eigenvalue weighted by atomic mass is 10.3. The predicted octanol–water partition coefficient (Wildman–Crippen LogP) is 1.77. The van der Waals surface area contributed by atoms with Gasteiger partial charge in [0.25, 0.3) is 0 Å². The van der Waals surface area contributed by atoms with Crippen LogP contribution in [0.1, 0.15) is 0 Å². The second-order valence-electron chi connectivity index (χ2n) is 6.15. The van der Waals surface area contributed by atoms with Crippen LogP contribution >= 0.6 is 0 Å². The van der Waals surface area contributed by atoms with E-state index in [0.29, 0.717) is 37.7 Å². The number of hydrogen-bond donors (Lipinski definition) is 2. The first-order valence-electron chi connectivity index (χ1n) is 8.85. The summed E-state index contributed by atoms with van der Waals surface area (Å²) >= 11 is 0. The van der Waals surface area contributed by atoms with Crippen LogP contribution in [0.15, 0.2) is 53.4 Å². The van der Waals surface area contributed by atoms with E-state index in [1.165, 1.54) is 17.5 Å². The van der Waals surface area contributed by atoms with Crippen molar-refractivity contribution in [2.24, 2.45) is 0 Å². The Bertz CT molecular complexity index is 912. The molecule has 0 aromatic heterocycles. The number of para-hydroxylation sites is 1. The molecule has 1 fully saturated rings. The maximum atomic E-state index is 13.0. The van der Waals surface area contributed by atoms with Gasteiger partial charge in [0.05, 0.1) is 26.9 Å². The number of carbonyl (C=O) groups is 1. The smallest absolute Gasteiger partial charge is 0.246 e. The molecule has 1 aliphatic rings. The predicted molar refractivity (Wildman–Crippen MR) is 106 cm³/mol. The van der Waals surface area contributed by atoms with E-state index >= 15 is 0 Å². The number of carbonyl (C=O) groups excluding carboxylic acids is 1. The Morgan fingerprint density at radius 2 is 1.82 bits per heavy atom. The molecule has 0 atom stereocenters. The van der Waals surface area contributed by atoms with Gasteiger partial charge in [-0.3, -0.25) is 4.79 Å². The van der Waals surface area contributed by atoms with Gasteiger partial charge in [0, 0.05) is 24.5 Å². The van der Waals surface area contributed by atoms with E-state index in [0.717, 1.165) is 0 Å². The first-order chi connectivity index (χ1) is 13.5. The van der Waals surface area contributed by atoms with Gasteiger partial charge in [-0.15, -0.1) is 0 Å². The van der Waals surface area contributed by atoms with E-state index in [4.69, 9.17) is 9.47 Å². The fourth-order valence-corrected chi connectivity index (χ4v) is 4.41. The minimum absolute atomic E-state index is 0.00172. The molecule has 0 saturated carbocycles. The summed E-state index contributed by atoms with van der Waals surface area (Å²) in [6.07, 6.45) is 0. The second kappa shape index (κ2) is 9.05. The molecular weight excluding hydrogens is 382 g/mol. The molecule has 0 aliphatic carbocycles. The molecule has 0 spiro atoms. The van der Waals surface area contributed by atoms with Crippen molar-refractivity contribution in [3.8, 4) is 5.75 Å². The minimum atomic E-state index is -3.73. The Morgan fingerprint density at radius 3 is 2.50 bits per heavy atom. The third kappa shape index (κ3) is 4.80. The van der Waals surface area contributed by atoms with Crippen LogP contribution in [0.2, 0.25) is 0 Å². The number of sulfonamides is 1. The molecule has 0 radical (unpaired) electrons. The minimum Gasteiger partial charge on any atom is -0.495 e. The standard InChI is InChI=1S/C19H23N3O5S/c1-26-17-8-7-16(20-14-19(23)21-15-5-3-2-4-6-15)13-18(17)28(24,25)22-9-11-27-12-10-22/h2-8,13,20H,9-12,14H2,1H3,(H,21,23). The third-order valence-corrected chi connectivity index (χ3v) is 6.18. The van der Waals surface area contributed by atoms with Gasteiger partial charge >= 0.3 is 0 Å². The van der Waals surface area contributed by atoms with Crippen LogP contribution in [0.3, 0.4) is 0 Å². The molecule has 3 rings (SSSR count). The van der Waals surface area contributed by atoms with E-state index in [1.54, 1.807) is 24.3 Å². The number of amides is 1. The van der Waals surface area contributed by atoms with E-state index in [1.807, 2.05) is 18.2 Å².